The zero-order chi connectivity index (χ0) is 10.2. The largest absolute Gasteiger partial charge is 0.325 e. The summed E-state index contributed by atoms with van der Waals surface area (Å²) >= 11 is 0. The number of nitrogens with one attached hydrogen (secondary N) is 1. The smallest absolute Gasteiger partial charge is 0.306 e. The molecule has 4 nitrogen and oxygen atoms in total. The summed E-state index contributed by atoms with van der Waals surface area (Å²) in [6.45, 7) is 9.39. The number of rotatable bonds is 2. The lowest BCUT2D eigenvalue weighted by molar-refractivity contribution is -0.124. The molecule has 0 radical (unpaired) electrons. The van der Waals surface area contributed by atoms with Gasteiger partial charge in [0.05, 0.1) is 0 Å². The maximum Gasteiger partial charge on any atom is 0.325 e. The Kier molecular flexibility index (Phi) is 2.15. The molecule has 4 heteroatoms. The van der Waals surface area contributed by atoms with Crippen molar-refractivity contribution >= 4 is 11.9 Å². The molecule has 0 spiro atoms. The monoisotopic (exact) mass is 182 g/mol. The van der Waals surface area contributed by atoms with Gasteiger partial charge in [0.2, 0.25) is 0 Å². The van der Waals surface area contributed by atoms with E-state index in [-0.39, 0.29) is 11.9 Å². The summed E-state index contributed by atoms with van der Waals surface area (Å²) < 4.78 is 0. The molecule has 13 heavy (non-hydrogen) atoms. The van der Waals surface area contributed by atoms with Crippen LogP contribution in [0.1, 0.15) is 20.8 Å². The van der Waals surface area contributed by atoms with Crippen LogP contribution in [-0.2, 0) is 4.79 Å². The van der Waals surface area contributed by atoms with Crippen LogP contribution in [-0.4, -0.2) is 28.9 Å². The Balaban J connectivity index is 2.88. The SMILES string of the molecule is C=C(C)CN1C(=O)NC(=O)C1(C)C. The van der Waals surface area contributed by atoms with Gasteiger partial charge in [0.1, 0.15) is 5.54 Å². The van der Waals surface area contributed by atoms with Gasteiger partial charge in [-0.3, -0.25) is 10.1 Å². The van der Waals surface area contributed by atoms with Crippen LogP contribution in [0, 0.1) is 0 Å². The molecule has 0 atom stereocenters. The van der Waals surface area contributed by atoms with Gasteiger partial charge in [-0.15, -0.1) is 0 Å². The fourth-order valence-corrected chi connectivity index (χ4v) is 1.23. The van der Waals surface area contributed by atoms with Gasteiger partial charge in [0, 0.05) is 6.54 Å². The van der Waals surface area contributed by atoms with Crippen LogP contribution in [0.3, 0.4) is 0 Å². The maximum absolute atomic E-state index is 11.3. The van der Waals surface area contributed by atoms with Crippen molar-refractivity contribution in [2.75, 3.05) is 6.54 Å². The molecule has 1 saturated heterocycles. The zero-order valence-corrected chi connectivity index (χ0v) is 8.18. The normalized spacial score (nSPS) is 20.4. The molecule has 1 aliphatic heterocycles. The number of hydrogen-bond donors (Lipinski definition) is 1. The van der Waals surface area contributed by atoms with Gasteiger partial charge in [-0.25, -0.2) is 4.79 Å². The van der Waals surface area contributed by atoms with Crippen LogP contribution in [0.2, 0.25) is 0 Å². The second-order valence-corrected chi connectivity index (χ2v) is 3.86. The number of hydrogen-bond acceptors (Lipinski definition) is 2. The Morgan fingerprint density at radius 3 is 2.38 bits per heavy atom. The van der Waals surface area contributed by atoms with Gasteiger partial charge in [-0.05, 0) is 20.8 Å². The topological polar surface area (TPSA) is 49.4 Å². The molecule has 0 aliphatic carbocycles. The van der Waals surface area contributed by atoms with E-state index in [9.17, 15) is 9.59 Å². The predicted octanol–water partition coefficient (Wildman–Crippen LogP) is 0.893. The second kappa shape index (κ2) is 2.87. The van der Waals surface area contributed by atoms with Crippen LogP contribution in [0.15, 0.2) is 12.2 Å². The highest BCUT2D eigenvalue weighted by molar-refractivity contribution is 6.06. The molecule has 0 saturated carbocycles. The quantitative estimate of drug-likeness (QED) is 0.509. The first-order valence-corrected chi connectivity index (χ1v) is 4.13. The van der Waals surface area contributed by atoms with Crippen molar-refractivity contribution in [2.24, 2.45) is 0 Å². The van der Waals surface area contributed by atoms with Crippen molar-refractivity contribution < 1.29 is 9.59 Å². The molecule has 1 fully saturated rings. The summed E-state index contributed by atoms with van der Waals surface area (Å²) in [4.78, 5) is 24.1. The van der Waals surface area contributed by atoms with Crippen LogP contribution in [0.5, 0.6) is 0 Å². The van der Waals surface area contributed by atoms with Crippen molar-refractivity contribution in [2.45, 2.75) is 26.3 Å². The number of imide groups is 1. The molecule has 1 heterocycles. The zero-order valence-electron chi connectivity index (χ0n) is 8.18. The van der Waals surface area contributed by atoms with Crippen molar-refractivity contribution in [1.29, 1.82) is 0 Å². The van der Waals surface area contributed by atoms with Crippen molar-refractivity contribution in [3.05, 3.63) is 12.2 Å². The van der Waals surface area contributed by atoms with Crippen molar-refractivity contribution in [3.63, 3.8) is 0 Å². The lowest BCUT2D eigenvalue weighted by Gasteiger charge is -2.27. The van der Waals surface area contributed by atoms with Crippen LogP contribution in [0.4, 0.5) is 4.79 Å². The van der Waals surface area contributed by atoms with Crippen molar-refractivity contribution in [3.8, 4) is 0 Å². The van der Waals surface area contributed by atoms with E-state index >= 15 is 0 Å². The summed E-state index contributed by atoms with van der Waals surface area (Å²) in [5.41, 5.74) is 0.105. The number of amides is 3. The minimum atomic E-state index is -0.754. The molecule has 0 bridgehead atoms. The first-order valence-electron chi connectivity index (χ1n) is 4.13. The highest BCUT2D eigenvalue weighted by atomic mass is 16.2. The maximum atomic E-state index is 11.3. The molecule has 0 aromatic rings. The predicted molar refractivity (Wildman–Crippen MR) is 49.1 cm³/mol. The van der Waals surface area contributed by atoms with Gasteiger partial charge < -0.3 is 4.90 Å². The van der Waals surface area contributed by atoms with Crippen LogP contribution >= 0.6 is 0 Å². The number of carbonyl (C=O) groups is 2. The highest BCUT2D eigenvalue weighted by Crippen LogP contribution is 2.21. The second-order valence-electron chi connectivity index (χ2n) is 3.86. The van der Waals surface area contributed by atoms with E-state index < -0.39 is 5.54 Å². The molecule has 1 N–H and O–H groups in total. The van der Waals surface area contributed by atoms with Crippen LogP contribution < -0.4 is 5.32 Å². The number of nitrogens with zero attached hydrogens (tertiary/aromatic N) is 1. The lowest BCUT2D eigenvalue weighted by atomic mass is 10.0. The molecule has 0 aromatic heterocycles. The molecular formula is C9H14N2O2. The van der Waals surface area contributed by atoms with E-state index in [2.05, 4.69) is 11.9 Å². The van der Waals surface area contributed by atoms with Gasteiger partial charge in [-0.2, -0.15) is 0 Å². The Labute approximate surface area is 77.6 Å². The Bertz CT molecular complexity index is 281. The molecule has 0 unspecified atom stereocenters. The van der Waals surface area contributed by atoms with Crippen LogP contribution in [0.25, 0.3) is 0 Å². The van der Waals surface area contributed by atoms with E-state index in [1.807, 2.05) is 6.92 Å². The van der Waals surface area contributed by atoms with Gasteiger partial charge in [0.25, 0.3) is 5.91 Å². The minimum absolute atomic E-state index is 0.251. The third-order valence-electron chi connectivity index (χ3n) is 2.12. The number of urea groups is 1. The standard InChI is InChI=1S/C9H14N2O2/c1-6(2)5-11-8(13)10-7(12)9(11,3)4/h1,5H2,2-4H3,(H,10,12,13). The summed E-state index contributed by atoms with van der Waals surface area (Å²) in [7, 11) is 0. The van der Waals surface area contributed by atoms with E-state index in [0.29, 0.717) is 6.54 Å². The number of carbonyl (C=O) groups excluding carboxylic acids is 2. The fourth-order valence-electron chi connectivity index (χ4n) is 1.23. The van der Waals surface area contributed by atoms with Crippen molar-refractivity contribution in [1.82, 2.24) is 10.2 Å². The Morgan fingerprint density at radius 2 is 2.08 bits per heavy atom. The average molecular weight is 182 g/mol. The first-order chi connectivity index (χ1) is 5.85. The highest BCUT2D eigenvalue weighted by Gasteiger charge is 2.45. The Morgan fingerprint density at radius 1 is 1.54 bits per heavy atom. The fraction of sp³-hybridized carbons (Fsp3) is 0.556. The summed E-state index contributed by atoms with van der Waals surface area (Å²) in [6.07, 6.45) is 0. The third kappa shape index (κ3) is 1.56. The molecule has 3 amide bonds. The summed E-state index contributed by atoms with van der Waals surface area (Å²) in [5, 5.41) is 2.27. The summed E-state index contributed by atoms with van der Waals surface area (Å²) in [6, 6.07) is -0.335. The average Bonchev–Trinajstić information content (AvgIpc) is 2.13. The van der Waals surface area contributed by atoms with Gasteiger partial charge >= 0.3 is 6.03 Å². The molecule has 1 aliphatic rings. The third-order valence-corrected chi connectivity index (χ3v) is 2.12. The van der Waals surface area contributed by atoms with Gasteiger partial charge in [0.15, 0.2) is 0 Å². The van der Waals surface area contributed by atoms with E-state index in [4.69, 9.17) is 0 Å². The lowest BCUT2D eigenvalue weighted by Crippen LogP contribution is -2.44. The minimum Gasteiger partial charge on any atom is -0.306 e. The first kappa shape index (κ1) is 9.77. The molecule has 72 valence electrons. The Hall–Kier alpha value is -1.32. The van der Waals surface area contributed by atoms with E-state index in [1.165, 1.54) is 4.90 Å². The van der Waals surface area contributed by atoms with E-state index in [0.717, 1.165) is 5.57 Å². The molecule has 1 rings (SSSR count). The summed E-state index contributed by atoms with van der Waals surface area (Å²) in [5.74, 6) is -0.251. The molecule has 0 aromatic carbocycles. The van der Waals surface area contributed by atoms with E-state index in [1.54, 1.807) is 13.8 Å². The van der Waals surface area contributed by atoms with Gasteiger partial charge in [-0.1, -0.05) is 12.2 Å². The molecular weight excluding hydrogens is 168 g/mol.